The van der Waals surface area contributed by atoms with Crippen LogP contribution in [0.15, 0.2) is 18.2 Å². The third-order valence-corrected chi connectivity index (χ3v) is 1.34. The third kappa shape index (κ3) is 1.62. The van der Waals surface area contributed by atoms with Crippen molar-refractivity contribution >= 4 is 0 Å². The maximum atomic E-state index is 9.11. The fraction of sp³-hybridized carbons (Fsp3) is 0.125. The number of rotatable bonds is 1. The predicted octanol–water partition coefficient (Wildman–Crippen LogP) is 1.16. The zero-order valence-electron chi connectivity index (χ0n) is 5.78. The summed E-state index contributed by atoms with van der Waals surface area (Å²) in [4.78, 5) is 0. The zero-order valence-corrected chi connectivity index (χ0v) is 5.78. The lowest BCUT2D eigenvalue weighted by atomic mass is 10.1. The summed E-state index contributed by atoms with van der Waals surface area (Å²) in [6.45, 7) is 0. The van der Waals surface area contributed by atoms with Crippen molar-refractivity contribution in [1.29, 1.82) is 5.26 Å². The number of hydrogen-bond acceptors (Lipinski definition) is 3. The molecule has 0 saturated carbocycles. The molecule has 1 aromatic rings. The van der Waals surface area contributed by atoms with Gasteiger partial charge in [-0.25, -0.2) is 0 Å². The Morgan fingerprint density at radius 3 is 2.64 bits per heavy atom. The molecule has 0 unspecified atom stereocenters. The lowest BCUT2D eigenvalue weighted by Gasteiger charge is -1.98. The van der Waals surface area contributed by atoms with Crippen molar-refractivity contribution in [2.24, 2.45) is 0 Å². The summed E-state index contributed by atoms with van der Waals surface area (Å²) >= 11 is 0. The average molecular weight is 149 g/mol. The van der Waals surface area contributed by atoms with E-state index in [4.69, 9.17) is 15.5 Å². The zero-order chi connectivity index (χ0) is 8.27. The molecule has 0 aliphatic heterocycles. The second-order valence-electron chi connectivity index (χ2n) is 2.15. The molecule has 3 nitrogen and oxygen atoms in total. The molecule has 0 spiro atoms. The first-order valence-electron chi connectivity index (χ1n) is 3.12. The minimum Gasteiger partial charge on any atom is -0.508 e. The fourth-order valence-electron chi connectivity index (χ4n) is 0.787. The van der Waals surface area contributed by atoms with Crippen molar-refractivity contribution in [3.8, 4) is 17.6 Å². The number of benzene rings is 1. The van der Waals surface area contributed by atoms with Gasteiger partial charge in [-0.05, 0) is 6.07 Å². The maximum absolute atomic E-state index is 9.11. The number of hydrogen-bond donors (Lipinski definition) is 2. The van der Waals surface area contributed by atoms with Crippen LogP contribution >= 0.6 is 0 Å². The first-order valence-corrected chi connectivity index (χ1v) is 3.12. The normalized spacial score (nSPS) is 9.00. The molecule has 0 saturated heterocycles. The fourth-order valence-corrected chi connectivity index (χ4v) is 0.787. The Bertz CT molecular complexity index is 301. The minimum absolute atomic E-state index is 0.00388. The van der Waals surface area contributed by atoms with Gasteiger partial charge in [-0.15, -0.1) is 0 Å². The third-order valence-electron chi connectivity index (χ3n) is 1.34. The van der Waals surface area contributed by atoms with E-state index in [0.29, 0.717) is 5.56 Å². The molecule has 0 aromatic heterocycles. The van der Waals surface area contributed by atoms with Crippen molar-refractivity contribution in [3.05, 3.63) is 23.8 Å². The molecule has 0 bridgehead atoms. The van der Waals surface area contributed by atoms with Gasteiger partial charge in [0.05, 0.1) is 12.5 Å². The Hall–Kier alpha value is -1.69. The van der Waals surface area contributed by atoms with E-state index in [2.05, 4.69) is 0 Å². The average Bonchev–Trinajstić information content (AvgIpc) is 1.95. The van der Waals surface area contributed by atoms with E-state index in [1.807, 2.05) is 6.07 Å². The molecule has 11 heavy (non-hydrogen) atoms. The van der Waals surface area contributed by atoms with Gasteiger partial charge in [-0.3, -0.25) is 0 Å². The highest BCUT2D eigenvalue weighted by molar-refractivity contribution is 5.40. The first-order chi connectivity index (χ1) is 5.24. The molecule has 56 valence electrons. The highest BCUT2D eigenvalue weighted by atomic mass is 16.3. The molecule has 1 aromatic carbocycles. The predicted molar refractivity (Wildman–Crippen MR) is 39.1 cm³/mol. The van der Waals surface area contributed by atoms with E-state index in [1.54, 1.807) is 0 Å². The number of phenolic OH excluding ortho intramolecular Hbond substituents is 2. The van der Waals surface area contributed by atoms with E-state index in [-0.39, 0.29) is 17.9 Å². The molecule has 0 aliphatic rings. The summed E-state index contributed by atoms with van der Waals surface area (Å²) in [6.07, 6.45) is 0.159. The first kappa shape index (κ1) is 7.42. The van der Waals surface area contributed by atoms with Crippen LogP contribution in [-0.2, 0) is 6.42 Å². The van der Waals surface area contributed by atoms with Gasteiger partial charge in [0.1, 0.15) is 11.5 Å². The standard InChI is InChI=1S/C8H7NO2/c9-4-3-6-1-2-7(10)5-8(6)11/h1-2,5,10-11H,3H2. The smallest absolute Gasteiger partial charge is 0.123 e. The molecule has 0 radical (unpaired) electrons. The quantitative estimate of drug-likeness (QED) is 0.629. The topological polar surface area (TPSA) is 64.2 Å². The summed E-state index contributed by atoms with van der Waals surface area (Å²) in [7, 11) is 0. The van der Waals surface area contributed by atoms with E-state index < -0.39 is 0 Å². The van der Waals surface area contributed by atoms with E-state index in [9.17, 15) is 0 Å². The van der Waals surface area contributed by atoms with Crippen molar-refractivity contribution in [2.75, 3.05) is 0 Å². The van der Waals surface area contributed by atoms with Crippen LogP contribution in [0.25, 0.3) is 0 Å². The molecular weight excluding hydrogens is 142 g/mol. The van der Waals surface area contributed by atoms with Crippen LogP contribution in [0.4, 0.5) is 0 Å². The molecule has 0 heterocycles. The monoisotopic (exact) mass is 149 g/mol. The van der Waals surface area contributed by atoms with Crippen molar-refractivity contribution < 1.29 is 10.2 Å². The van der Waals surface area contributed by atoms with Crippen molar-refractivity contribution in [2.45, 2.75) is 6.42 Å². The van der Waals surface area contributed by atoms with E-state index in [0.717, 1.165) is 0 Å². The number of aromatic hydroxyl groups is 2. The summed E-state index contributed by atoms with van der Waals surface area (Å²) in [6, 6.07) is 6.08. The summed E-state index contributed by atoms with van der Waals surface area (Å²) in [5.41, 5.74) is 0.533. The van der Waals surface area contributed by atoms with Gasteiger partial charge in [0, 0.05) is 11.6 Å². The summed E-state index contributed by atoms with van der Waals surface area (Å²) in [5, 5.41) is 26.3. The molecule has 2 N–H and O–H groups in total. The lowest BCUT2D eigenvalue weighted by molar-refractivity contribution is 0.447. The Morgan fingerprint density at radius 2 is 2.09 bits per heavy atom. The Morgan fingerprint density at radius 1 is 1.36 bits per heavy atom. The second-order valence-corrected chi connectivity index (χ2v) is 2.15. The Kier molecular flexibility index (Phi) is 1.98. The van der Waals surface area contributed by atoms with Crippen LogP contribution in [0.3, 0.4) is 0 Å². The molecule has 1 rings (SSSR count). The lowest BCUT2D eigenvalue weighted by Crippen LogP contribution is -1.81. The molecular formula is C8H7NO2. The SMILES string of the molecule is N#CCc1ccc(O)cc1O. The number of nitrogens with zero attached hydrogens (tertiary/aromatic N) is 1. The van der Waals surface area contributed by atoms with Gasteiger partial charge in [0.25, 0.3) is 0 Å². The summed E-state index contributed by atoms with van der Waals surface area (Å²) in [5.74, 6) is -0.0317. The molecule has 0 aliphatic carbocycles. The minimum atomic E-state index is -0.0356. The van der Waals surface area contributed by atoms with Gasteiger partial charge < -0.3 is 10.2 Å². The number of phenols is 2. The largest absolute Gasteiger partial charge is 0.508 e. The van der Waals surface area contributed by atoms with Gasteiger partial charge in [-0.1, -0.05) is 6.07 Å². The van der Waals surface area contributed by atoms with Gasteiger partial charge in [0.2, 0.25) is 0 Å². The maximum Gasteiger partial charge on any atom is 0.123 e. The van der Waals surface area contributed by atoms with E-state index in [1.165, 1.54) is 18.2 Å². The van der Waals surface area contributed by atoms with E-state index >= 15 is 0 Å². The van der Waals surface area contributed by atoms with Crippen LogP contribution in [0.2, 0.25) is 0 Å². The van der Waals surface area contributed by atoms with Crippen LogP contribution in [-0.4, -0.2) is 10.2 Å². The van der Waals surface area contributed by atoms with Crippen LogP contribution in [0.1, 0.15) is 5.56 Å². The Labute approximate surface area is 64.1 Å². The highest BCUT2D eigenvalue weighted by Gasteiger charge is 1.99. The molecule has 3 heteroatoms. The van der Waals surface area contributed by atoms with Crippen LogP contribution in [0.5, 0.6) is 11.5 Å². The van der Waals surface area contributed by atoms with Gasteiger partial charge in [0.15, 0.2) is 0 Å². The molecule has 0 amide bonds. The molecule has 0 fully saturated rings. The van der Waals surface area contributed by atoms with Crippen LogP contribution < -0.4 is 0 Å². The van der Waals surface area contributed by atoms with Crippen molar-refractivity contribution in [1.82, 2.24) is 0 Å². The second kappa shape index (κ2) is 2.93. The Balaban J connectivity index is 3.01. The van der Waals surface area contributed by atoms with Crippen molar-refractivity contribution in [3.63, 3.8) is 0 Å². The highest BCUT2D eigenvalue weighted by Crippen LogP contribution is 2.22. The van der Waals surface area contributed by atoms with Gasteiger partial charge >= 0.3 is 0 Å². The van der Waals surface area contributed by atoms with Crippen LogP contribution in [0, 0.1) is 11.3 Å². The number of nitriles is 1. The summed E-state index contributed by atoms with van der Waals surface area (Å²) < 4.78 is 0. The van der Waals surface area contributed by atoms with Gasteiger partial charge in [-0.2, -0.15) is 5.26 Å². The molecule has 0 atom stereocenters.